The normalized spacial score (nSPS) is 30.0. The van der Waals surface area contributed by atoms with Crippen LogP contribution in [0.15, 0.2) is 35.9 Å². The van der Waals surface area contributed by atoms with E-state index in [4.69, 9.17) is 9.47 Å². The number of carbonyl (C=O) groups is 1. The molecule has 2 aromatic rings. The molecule has 0 spiro atoms. The van der Waals surface area contributed by atoms with Gasteiger partial charge >= 0.3 is 5.97 Å². The SMILES string of the molecule is C/C=C1\CN(C)[C@@H]2Cc3c([nH]c4ccccc34)[C@H](OC)C[C@@H]1[C@@H]2C(=O)OC. The largest absolute Gasteiger partial charge is 0.469 e. The van der Waals surface area contributed by atoms with Crippen LogP contribution in [0.2, 0.25) is 0 Å². The molecule has 1 aromatic carbocycles. The van der Waals surface area contributed by atoms with Crippen LogP contribution in [-0.4, -0.2) is 49.7 Å². The fraction of sp³-hybridized carbons (Fsp3) is 0.500. The molecule has 0 amide bonds. The maximum atomic E-state index is 12.8. The van der Waals surface area contributed by atoms with Crippen LogP contribution in [0.25, 0.3) is 10.9 Å². The summed E-state index contributed by atoms with van der Waals surface area (Å²) < 4.78 is 11.2. The van der Waals surface area contributed by atoms with Gasteiger partial charge in [-0.15, -0.1) is 0 Å². The molecule has 5 nitrogen and oxygen atoms in total. The molecule has 0 unspecified atom stereocenters. The van der Waals surface area contributed by atoms with Gasteiger partial charge in [0.2, 0.25) is 0 Å². The topological polar surface area (TPSA) is 54.6 Å². The predicted octanol–water partition coefficient (Wildman–Crippen LogP) is 3.47. The van der Waals surface area contributed by atoms with Crippen LogP contribution in [0.1, 0.15) is 30.7 Å². The van der Waals surface area contributed by atoms with Crippen molar-refractivity contribution in [2.75, 3.05) is 27.8 Å². The number of esters is 1. The first-order valence-electron chi connectivity index (χ1n) is 9.64. The Hall–Kier alpha value is -2.11. The van der Waals surface area contributed by atoms with Crippen molar-refractivity contribution < 1.29 is 14.3 Å². The predicted molar refractivity (Wildman–Crippen MR) is 106 cm³/mol. The zero-order valence-electron chi connectivity index (χ0n) is 16.5. The minimum Gasteiger partial charge on any atom is -0.469 e. The van der Waals surface area contributed by atoms with Crippen molar-refractivity contribution >= 4 is 16.9 Å². The number of aromatic amines is 1. The summed E-state index contributed by atoms with van der Waals surface area (Å²) >= 11 is 0. The summed E-state index contributed by atoms with van der Waals surface area (Å²) in [7, 11) is 5.37. The molecule has 1 aliphatic heterocycles. The van der Waals surface area contributed by atoms with Gasteiger partial charge in [0.15, 0.2) is 0 Å². The second-order valence-electron chi connectivity index (χ2n) is 7.73. The molecular formula is C22H28N2O3. The van der Waals surface area contributed by atoms with Gasteiger partial charge in [-0.3, -0.25) is 9.69 Å². The van der Waals surface area contributed by atoms with E-state index < -0.39 is 0 Å². The highest BCUT2D eigenvalue weighted by Gasteiger charge is 2.47. The van der Waals surface area contributed by atoms with Crippen molar-refractivity contribution in [3.05, 3.63) is 47.2 Å². The fourth-order valence-electron chi connectivity index (χ4n) is 5.13. The number of methoxy groups -OCH3 is 2. The Balaban J connectivity index is 1.91. The highest BCUT2D eigenvalue weighted by atomic mass is 16.5. The summed E-state index contributed by atoms with van der Waals surface area (Å²) in [5.74, 6) is -0.165. The summed E-state index contributed by atoms with van der Waals surface area (Å²) in [6.07, 6.45) is 3.68. The van der Waals surface area contributed by atoms with Crippen molar-refractivity contribution in [2.24, 2.45) is 11.8 Å². The second-order valence-corrected chi connectivity index (χ2v) is 7.73. The van der Waals surface area contributed by atoms with Gasteiger partial charge in [-0.05, 0) is 44.4 Å². The van der Waals surface area contributed by atoms with Gasteiger partial charge in [0.05, 0.1) is 19.1 Å². The Morgan fingerprint density at radius 2 is 2.07 bits per heavy atom. The van der Waals surface area contributed by atoms with Gasteiger partial charge in [-0.25, -0.2) is 0 Å². The number of rotatable bonds is 2. The average Bonchev–Trinajstić information content (AvgIpc) is 3.04. The van der Waals surface area contributed by atoms with Gasteiger partial charge in [0.1, 0.15) is 0 Å². The molecule has 1 saturated heterocycles. The minimum atomic E-state index is -0.181. The number of nitrogens with one attached hydrogen (secondary N) is 1. The van der Waals surface area contributed by atoms with Gasteiger partial charge in [0, 0.05) is 36.3 Å². The van der Waals surface area contributed by atoms with Crippen LogP contribution in [-0.2, 0) is 20.7 Å². The van der Waals surface area contributed by atoms with E-state index in [9.17, 15) is 4.79 Å². The zero-order chi connectivity index (χ0) is 19.1. The highest BCUT2D eigenvalue weighted by Crippen LogP contribution is 2.45. The molecule has 1 aromatic heterocycles. The number of ether oxygens (including phenoxy) is 2. The number of carbonyl (C=O) groups excluding carboxylic acids is 1. The third-order valence-corrected chi connectivity index (χ3v) is 6.50. The number of fused-ring (bicyclic) bond motifs is 5. The van der Waals surface area contributed by atoms with Crippen molar-refractivity contribution in [1.29, 1.82) is 0 Å². The van der Waals surface area contributed by atoms with Crippen LogP contribution in [0, 0.1) is 11.8 Å². The lowest BCUT2D eigenvalue weighted by Gasteiger charge is -2.46. The number of para-hydroxylation sites is 1. The number of allylic oxidation sites excluding steroid dienone is 1. The lowest BCUT2D eigenvalue weighted by atomic mass is 9.70. The molecule has 0 saturated carbocycles. The highest BCUT2D eigenvalue weighted by molar-refractivity contribution is 5.85. The number of hydrogen-bond donors (Lipinski definition) is 1. The van der Waals surface area contributed by atoms with Crippen molar-refractivity contribution in [3.63, 3.8) is 0 Å². The molecule has 2 heterocycles. The molecule has 4 rings (SSSR count). The minimum absolute atomic E-state index is 0.0659. The molecule has 144 valence electrons. The first-order valence-corrected chi connectivity index (χ1v) is 9.64. The van der Waals surface area contributed by atoms with Crippen LogP contribution in [0.4, 0.5) is 0 Å². The number of H-pyrrole nitrogens is 1. The Morgan fingerprint density at radius 1 is 1.30 bits per heavy atom. The first kappa shape index (κ1) is 18.3. The maximum absolute atomic E-state index is 12.8. The van der Waals surface area contributed by atoms with Gasteiger partial charge in [0.25, 0.3) is 0 Å². The molecule has 5 heteroatoms. The first-order chi connectivity index (χ1) is 13.1. The monoisotopic (exact) mass is 368 g/mol. The smallest absolute Gasteiger partial charge is 0.310 e. The molecule has 1 N–H and O–H groups in total. The quantitative estimate of drug-likeness (QED) is 0.651. The lowest BCUT2D eigenvalue weighted by molar-refractivity contribution is -0.151. The maximum Gasteiger partial charge on any atom is 0.310 e. The number of aromatic nitrogens is 1. The molecule has 2 aliphatic rings. The van der Waals surface area contributed by atoms with Crippen LogP contribution in [0.5, 0.6) is 0 Å². The van der Waals surface area contributed by atoms with E-state index >= 15 is 0 Å². The Bertz CT molecular complexity index is 885. The molecule has 27 heavy (non-hydrogen) atoms. The summed E-state index contributed by atoms with van der Waals surface area (Å²) in [5, 5.41) is 1.22. The molecule has 4 atom stereocenters. The standard InChI is InChI=1S/C22H28N2O3/c1-5-13-12-24(2)18-10-16-14-8-6-7-9-17(14)23-21(16)19(26-3)11-15(13)20(18)22(25)27-4/h5-9,15,18-20,23H,10-12H2,1-4H3/b13-5+/t15-,18+,19+,20-/m0/s1. The third kappa shape index (κ3) is 2.89. The van der Waals surface area contributed by atoms with Crippen LogP contribution < -0.4 is 0 Å². The van der Waals surface area contributed by atoms with E-state index in [0.29, 0.717) is 0 Å². The van der Waals surface area contributed by atoms with Gasteiger partial charge in [-0.1, -0.05) is 29.8 Å². The number of likely N-dealkylation sites (tertiary alicyclic amines) is 1. The number of hydrogen-bond acceptors (Lipinski definition) is 4. The fourth-order valence-corrected chi connectivity index (χ4v) is 5.13. The Kier molecular flexibility index (Phi) is 4.82. The molecule has 1 fully saturated rings. The van der Waals surface area contributed by atoms with Gasteiger partial charge in [-0.2, -0.15) is 0 Å². The number of piperidine rings is 1. The average molecular weight is 368 g/mol. The zero-order valence-corrected chi connectivity index (χ0v) is 16.5. The molecular weight excluding hydrogens is 340 g/mol. The number of likely N-dealkylation sites (N-methyl/N-ethyl adjacent to an activating group) is 1. The molecule has 1 aliphatic carbocycles. The Morgan fingerprint density at radius 3 is 2.78 bits per heavy atom. The number of benzene rings is 1. The molecule has 0 radical (unpaired) electrons. The summed E-state index contributed by atoms with van der Waals surface area (Å²) in [6, 6.07) is 8.50. The summed E-state index contributed by atoms with van der Waals surface area (Å²) in [5.41, 5.74) is 4.85. The number of nitrogens with zero attached hydrogens (tertiary/aromatic N) is 1. The van der Waals surface area contributed by atoms with E-state index in [1.54, 1.807) is 7.11 Å². The van der Waals surface area contributed by atoms with Crippen molar-refractivity contribution in [2.45, 2.75) is 31.9 Å². The van der Waals surface area contributed by atoms with E-state index in [0.717, 1.165) is 30.6 Å². The molecule has 2 bridgehead atoms. The van der Waals surface area contributed by atoms with Crippen LogP contribution in [0.3, 0.4) is 0 Å². The summed E-state index contributed by atoms with van der Waals surface area (Å²) in [6.45, 7) is 2.94. The second kappa shape index (κ2) is 7.13. The van der Waals surface area contributed by atoms with Gasteiger partial charge < -0.3 is 14.5 Å². The third-order valence-electron chi connectivity index (χ3n) is 6.50. The van der Waals surface area contributed by atoms with E-state index in [2.05, 4.69) is 48.1 Å². The Labute approximate surface area is 160 Å². The van der Waals surface area contributed by atoms with Crippen LogP contribution >= 0.6 is 0 Å². The summed E-state index contributed by atoms with van der Waals surface area (Å²) in [4.78, 5) is 18.7. The van der Waals surface area contributed by atoms with E-state index in [-0.39, 0.29) is 30.0 Å². The van der Waals surface area contributed by atoms with Crippen molar-refractivity contribution in [3.8, 4) is 0 Å². The van der Waals surface area contributed by atoms with Crippen molar-refractivity contribution in [1.82, 2.24) is 9.88 Å². The van der Waals surface area contributed by atoms with E-state index in [1.165, 1.54) is 23.6 Å². The lowest BCUT2D eigenvalue weighted by Crippen LogP contribution is -2.53. The van der Waals surface area contributed by atoms with E-state index in [1.807, 2.05) is 6.07 Å².